The van der Waals surface area contributed by atoms with Crippen LogP contribution in [0.5, 0.6) is 11.5 Å². The predicted octanol–water partition coefficient (Wildman–Crippen LogP) is 5.41. The Bertz CT molecular complexity index is 3960. The molecule has 0 saturated heterocycles. The molecule has 0 saturated carbocycles. The van der Waals surface area contributed by atoms with E-state index in [1.54, 1.807) is 0 Å². The average molecular weight is 1050 g/mol. The molecule has 6 aromatic carbocycles. The normalized spacial score (nSPS) is 15.3. The number of aromatic hydroxyl groups is 2. The van der Waals surface area contributed by atoms with Crippen LogP contribution in [-0.4, -0.2) is 104 Å². The van der Waals surface area contributed by atoms with E-state index in [0.29, 0.717) is 29.3 Å². The van der Waals surface area contributed by atoms with Crippen molar-refractivity contribution in [3.05, 3.63) is 91.0 Å². The molecule has 1 atom stereocenters. The summed E-state index contributed by atoms with van der Waals surface area (Å²) in [6.07, 6.45) is 0. The Kier molecular flexibility index (Phi) is 12.5. The topological polar surface area (TPSA) is 456 Å². The fourth-order valence-corrected chi connectivity index (χ4v) is 9.18. The fourth-order valence-electron chi connectivity index (χ4n) is 6.35. The van der Waals surface area contributed by atoms with Gasteiger partial charge in [0, 0.05) is 16.8 Å². The van der Waals surface area contributed by atoms with Crippen LogP contribution in [0.4, 0.5) is 34.1 Å². The van der Waals surface area contributed by atoms with Gasteiger partial charge in [0.15, 0.2) is 11.5 Å². The van der Waals surface area contributed by atoms with E-state index in [-0.39, 0.29) is 27.8 Å². The first-order chi connectivity index (χ1) is 31.9. The standard InChI is InChI=1S/C36H24N8O20S5/c45-27-15-21(67(56,57)58)11-16-12-29(69(62,63)64)31(34(46)30(16)27)41-39-25-10-9-24(22-7-6-20(14-23(22)25)66(53,54)55)38-40-26-8-1-17(13-28(26)68(59,60)61)37-42-32-33(36(48)49)43-44(35(32)47)18-2-4-19(5-3-18)65(50,51)52/h1-15,32,45-46H,(H,48,49)(H,50,51,52)(H,53,54,55)(H,56,57,58)(H,59,60,61)(H,62,63,64). The number of hydrazone groups is 1. The number of phenolic OH excluding ortho intramolecular Hbond substituents is 2. The van der Waals surface area contributed by atoms with Crippen molar-refractivity contribution < 1.29 is 89.8 Å². The second-order valence-electron chi connectivity index (χ2n) is 13.9. The number of nitrogens with zero attached hydrogens (tertiary/aromatic N) is 8. The summed E-state index contributed by atoms with van der Waals surface area (Å²) in [5, 5.41) is 56.9. The van der Waals surface area contributed by atoms with Crippen molar-refractivity contribution in [3.63, 3.8) is 0 Å². The molecular formula is C36H24N8O20S5. The van der Waals surface area contributed by atoms with E-state index < -0.39 is 138 Å². The van der Waals surface area contributed by atoms with Gasteiger partial charge in [-0.25, -0.2) is 4.79 Å². The number of aliphatic carboxylic acids is 1. The van der Waals surface area contributed by atoms with Crippen LogP contribution in [0.3, 0.4) is 0 Å². The van der Waals surface area contributed by atoms with E-state index in [1.165, 1.54) is 0 Å². The molecule has 1 heterocycles. The summed E-state index contributed by atoms with van der Waals surface area (Å²) in [7, 11) is -25.1. The molecule has 0 fully saturated rings. The van der Waals surface area contributed by atoms with Crippen LogP contribution in [0.25, 0.3) is 21.5 Å². The molecule has 1 unspecified atom stereocenters. The maximum Gasteiger partial charge on any atom is 0.355 e. The largest absolute Gasteiger partial charge is 0.507 e. The minimum atomic E-state index is -5.35. The first-order valence-corrected chi connectivity index (χ1v) is 25.2. The molecule has 1 aliphatic rings. The number of hydrogen-bond acceptors (Lipinski definition) is 21. The van der Waals surface area contributed by atoms with Crippen molar-refractivity contribution in [2.24, 2.45) is 35.8 Å². The maximum atomic E-state index is 13.2. The summed E-state index contributed by atoms with van der Waals surface area (Å²) in [6, 6.07) is 11.3. The number of carbonyl (C=O) groups excluding carboxylic acids is 1. The van der Waals surface area contributed by atoms with Gasteiger partial charge in [0.05, 0.1) is 42.8 Å². The van der Waals surface area contributed by atoms with Crippen molar-refractivity contribution >= 4 is 124 Å². The van der Waals surface area contributed by atoms with Crippen LogP contribution in [0.1, 0.15) is 0 Å². The van der Waals surface area contributed by atoms with Gasteiger partial charge in [-0.15, -0.1) is 20.5 Å². The lowest BCUT2D eigenvalue weighted by Crippen LogP contribution is -2.33. The number of carboxylic acid groups (broad SMARTS) is 1. The summed E-state index contributed by atoms with van der Waals surface area (Å²) >= 11 is 0. The van der Waals surface area contributed by atoms with Gasteiger partial charge in [0.2, 0.25) is 6.04 Å². The third kappa shape index (κ3) is 10.2. The molecule has 8 N–H and O–H groups in total. The van der Waals surface area contributed by atoms with Gasteiger partial charge in [0.25, 0.3) is 56.5 Å². The first-order valence-electron chi connectivity index (χ1n) is 18.0. The molecule has 1 amide bonds. The highest BCUT2D eigenvalue weighted by Gasteiger charge is 2.41. The molecule has 33 heteroatoms. The first kappa shape index (κ1) is 49.3. The van der Waals surface area contributed by atoms with Crippen LogP contribution in [0.2, 0.25) is 0 Å². The number of carboxylic acids is 1. The zero-order chi connectivity index (χ0) is 50.8. The molecule has 69 heavy (non-hydrogen) atoms. The van der Waals surface area contributed by atoms with Gasteiger partial charge in [-0.3, -0.25) is 27.6 Å². The van der Waals surface area contributed by atoms with Gasteiger partial charge in [-0.2, -0.15) is 62.4 Å². The number of anilines is 1. The predicted molar refractivity (Wildman–Crippen MR) is 232 cm³/mol. The van der Waals surface area contributed by atoms with Crippen molar-refractivity contribution in [1.29, 1.82) is 0 Å². The molecule has 358 valence electrons. The van der Waals surface area contributed by atoms with Crippen LogP contribution in [-0.2, 0) is 60.2 Å². The van der Waals surface area contributed by atoms with Crippen molar-refractivity contribution in [2.75, 3.05) is 5.01 Å². The Morgan fingerprint density at radius 2 is 1.10 bits per heavy atom. The molecule has 6 aromatic rings. The Morgan fingerprint density at radius 3 is 1.68 bits per heavy atom. The number of hydrogen-bond donors (Lipinski definition) is 8. The van der Waals surface area contributed by atoms with Crippen LogP contribution in [0, 0.1) is 0 Å². The molecular weight excluding hydrogens is 1020 g/mol. The lowest BCUT2D eigenvalue weighted by atomic mass is 10.1. The minimum absolute atomic E-state index is 0.0879. The molecule has 0 radical (unpaired) electrons. The fraction of sp³-hybridized carbons (Fsp3) is 0.0278. The number of rotatable bonds is 13. The molecule has 1 aliphatic heterocycles. The second-order valence-corrected chi connectivity index (χ2v) is 20.9. The monoisotopic (exact) mass is 1050 g/mol. The molecule has 0 bridgehead atoms. The summed E-state index contributed by atoms with van der Waals surface area (Å²) in [5.74, 6) is -5.02. The van der Waals surface area contributed by atoms with Crippen LogP contribution in [0.15, 0.2) is 151 Å². The summed E-state index contributed by atoms with van der Waals surface area (Å²) < 4.78 is 169. The summed E-state index contributed by atoms with van der Waals surface area (Å²) in [4.78, 5) is 20.8. The van der Waals surface area contributed by atoms with E-state index in [2.05, 4.69) is 35.8 Å². The third-order valence-corrected chi connectivity index (χ3v) is 13.8. The highest BCUT2D eigenvalue weighted by atomic mass is 32.2. The van der Waals surface area contributed by atoms with Gasteiger partial charge in [0.1, 0.15) is 26.9 Å². The van der Waals surface area contributed by atoms with E-state index in [4.69, 9.17) is 0 Å². The van der Waals surface area contributed by atoms with E-state index in [0.717, 1.165) is 66.7 Å². The third-order valence-electron chi connectivity index (χ3n) is 9.46. The van der Waals surface area contributed by atoms with Gasteiger partial charge < -0.3 is 15.3 Å². The van der Waals surface area contributed by atoms with Gasteiger partial charge in [-0.1, -0.05) is 6.07 Å². The van der Waals surface area contributed by atoms with Gasteiger partial charge in [-0.05, 0) is 84.2 Å². The molecule has 0 aromatic heterocycles. The molecule has 7 rings (SSSR count). The number of azo groups is 3. The smallest absolute Gasteiger partial charge is 0.355 e. The van der Waals surface area contributed by atoms with Crippen molar-refractivity contribution in [1.82, 2.24) is 0 Å². The lowest BCUT2D eigenvalue weighted by Gasteiger charge is -2.12. The number of benzene rings is 6. The molecule has 28 nitrogen and oxygen atoms in total. The Labute approximate surface area is 385 Å². The lowest BCUT2D eigenvalue weighted by molar-refractivity contribution is -0.130. The number of carbonyl (C=O) groups is 2. The summed E-state index contributed by atoms with van der Waals surface area (Å²) in [5.41, 5.74) is -3.60. The van der Waals surface area contributed by atoms with E-state index in [9.17, 15) is 89.8 Å². The number of phenols is 2. The van der Waals surface area contributed by atoms with Crippen molar-refractivity contribution in [3.8, 4) is 11.5 Å². The zero-order valence-electron chi connectivity index (χ0n) is 33.3. The highest BCUT2D eigenvalue weighted by molar-refractivity contribution is 7.87. The SMILES string of the molecule is O=C(O)C1=NN(c2ccc(S(=O)(=O)O)cc2)C(=O)C1N=Nc1ccc(N=Nc2ccc(N=Nc3c(S(=O)(=O)O)cc4cc(S(=O)(=O)O)cc(O)c4c3O)c3cc(S(=O)(=O)O)ccc23)c(S(=O)(=O)O)c1. The second kappa shape index (κ2) is 17.5. The van der Waals surface area contributed by atoms with E-state index in [1.807, 2.05) is 0 Å². The van der Waals surface area contributed by atoms with Gasteiger partial charge >= 0.3 is 5.97 Å². The Hall–Kier alpha value is -7.60. The van der Waals surface area contributed by atoms with Crippen LogP contribution >= 0.6 is 0 Å². The zero-order valence-corrected chi connectivity index (χ0v) is 37.4. The van der Waals surface area contributed by atoms with Crippen LogP contribution < -0.4 is 5.01 Å². The number of fused-ring (bicyclic) bond motifs is 2. The molecule has 0 aliphatic carbocycles. The Morgan fingerprint density at radius 1 is 0.551 bits per heavy atom. The number of amides is 1. The quantitative estimate of drug-likeness (QED) is 0.0529. The highest BCUT2D eigenvalue weighted by Crippen LogP contribution is 2.46. The average Bonchev–Trinajstić information content (AvgIpc) is 3.58. The van der Waals surface area contributed by atoms with E-state index >= 15 is 0 Å². The van der Waals surface area contributed by atoms with Crippen molar-refractivity contribution in [2.45, 2.75) is 30.5 Å². The molecule has 0 spiro atoms. The summed E-state index contributed by atoms with van der Waals surface area (Å²) in [6.45, 7) is 0. The minimum Gasteiger partial charge on any atom is -0.507 e. The maximum absolute atomic E-state index is 13.2. The Balaban J connectivity index is 1.26.